The molecule has 21 heavy (non-hydrogen) atoms. The van der Waals surface area contributed by atoms with Crippen molar-refractivity contribution in [1.29, 1.82) is 0 Å². The number of quaternary nitrogens is 1. The van der Waals surface area contributed by atoms with Crippen molar-refractivity contribution in [2.75, 3.05) is 20.4 Å². The Balaban J connectivity index is 0.000000383. The number of para-hydroxylation sites is 1. The molecule has 0 saturated carbocycles. The van der Waals surface area contributed by atoms with E-state index >= 15 is 0 Å². The molecule has 0 fully saturated rings. The minimum atomic E-state index is -3.67. The molecule has 0 bridgehead atoms. The highest BCUT2D eigenvalue weighted by Gasteiger charge is 2.18. The first-order valence-electron chi connectivity index (χ1n) is 6.53. The van der Waals surface area contributed by atoms with Gasteiger partial charge in [0.1, 0.15) is 12.2 Å². The smallest absolute Gasteiger partial charge is 0.261 e. The lowest BCUT2D eigenvalue weighted by atomic mass is 10.2. The zero-order chi connectivity index (χ0) is 15.9. The molecule has 0 aliphatic rings. The summed E-state index contributed by atoms with van der Waals surface area (Å²) in [4.78, 5) is 0. The summed E-state index contributed by atoms with van der Waals surface area (Å²) in [6.45, 7) is 1.02. The van der Waals surface area contributed by atoms with Gasteiger partial charge in [-0.3, -0.25) is 9.04 Å². The van der Waals surface area contributed by atoms with E-state index in [4.69, 9.17) is 4.55 Å². The molecule has 2 rings (SSSR count). The van der Waals surface area contributed by atoms with E-state index in [0.29, 0.717) is 6.26 Å². The van der Waals surface area contributed by atoms with Crippen molar-refractivity contribution in [3.63, 3.8) is 0 Å². The van der Waals surface area contributed by atoms with Crippen LogP contribution in [-0.2, 0) is 16.7 Å². The highest BCUT2D eigenvalue weighted by Crippen LogP contribution is 2.21. The molecule has 0 radical (unpaired) electrons. The Morgan fingerprint density at radius 2 is 1.29 bits per heavy atom. The van der Waals surface area contributed by atoms with Crippen molar-refractivity contribution in [3.05, 3.63) is 66.2 Å². The number of nitrogens with zero attached hydrogens (tertiary/aromatic N) is 1. The molecule has 0 heterocycles. The standard InChI is InChI=1S/C15H18N.CH4O3S/c1-16(2,15-11-7-4-8-12-15)13-14-9-5-3-6-10-14;1-5(2,3)4/h3-12H,13H2,1-2H3;1H3,(H,2,3,4)/q+1;. The summed E-state index contributed by atoms with van der Waals surface area (Å²) in [6, 6.07) is 21.2. The molecule has 2 aromatic carbocycles. The molecule has 0 aliphatic heterocycles. The predicted octanol–water partition coefficient (Wildman–Crippen LogP) is 2.96. The number of hydrogen-bond acceptors (Lipinski definition) is 2. The molecule has 0 saturated heterocycles. The molecule has 4 nitrogen and oxygen atoms in total. The largest absolute Gasteiger partial charge is 0.292 e. The molecule has 5 heteroatoms. The Bertz CT molecular complexity index is 630. The first-order valence-corrected chi connectivity index (χ1v) is 8.38. The Hall–Kier alpha value is -1.69. The van der Waals surface area contributed by atoms with Crippen LogP contribution in [-0.4, -0.2) is 33.3 Å². The normalized spacial score (nSPS) is 11.4. The van der Waals surface area contributed by atoms with E-state index in [-0.39, 0.29) is 0 Å². The summed E-state index contributed by atoms with van der Waals surface area (Å²) in [5, 5.41) is 0. The Morgan fingerprint density at radius 1 is 0.905 bits per heavy atom. The van der Waals surface area contributed by atoms with E-state index in [1.807, 2.05) is 0 Å². The fourth-order valence-electron chi connectivity index (χ4n) is 1.96. The molecule has 0 aromatic heterocycles. The highest BCUT2D eigenvalue weighted by molar-refractivity contribution is 7.85. The summed E-state index contributed by atoms with van der Waals surface area (Å²) in [5.41, 5.74) is 2.71. The molecule has 0 aliphatic carbocycles. The van der Waals surface area contributed by atoms with E-state index in [1.54, 1.807) is 0 Å². The molecule has 0 amide bonds. The van der Waals surface area contributed by atoms with Crippen LogP contribution in [0.15, 0.2) is 60.7 Å². The third-order valence-corrected chi connectivity index (χ3v) is 2.88. The van der Waals surface area contributed by atoms with Gasteiger partial charge in [-0.15, -0.1) is 0 Å². The molecule has 2 aromatic rings. The minimum Gasteiger partial charge on any atom is -0.292 e. The van der Waals surface area contributed by atoms with Crippen LogP contribution in [0.5, 0.6) is 0 Å². The Kier molecular flexibility index (Phi) is 6.08. The van der Waals surface area contributed by atoms with Gasteiger partial charge in [0.05, 0.1) is 20.4 Å². The molecule has 0 spiro atoms. The number of rotatable bonds is 3. The third-order valence-electron chi connectivity index (χ3n) is 2.88. The Morgan fingerprint density at radius 3 is 1.71 bits per heavy atom. The molecular formula is C16H22NO3S+. The van der Waals surface area contributed by atoms with E-state index in [2.05, 4.69) is 74.8 Å². The lowest BCUT2D eigenvalue weighted by Gasteiger charge is -2.29. The number of benzene rings is 2. The SMILES string of the molecule is CS(=O)(=O)O.C[N+](C)(Cc1ccccc1)c1ccccc1. The maximum atomic E-state index is 9.19. The van der Waals surface area contributed by atoms with Crippen LogP contribution in [0.3, 0.4) is 0 Å². The van der Waals surface area contributed by atoms with Crippen molar-refractivity contribution in [3.8, 4) is 0 Å². The summed E-state index contributed by atoms with van der Waals surface area (Å²) in [7, 11) is 0.810. The van der Waals surface area contributed by atoms with Gasteiger partial charge in [0.25, 0.3) is 10.1 Å². The van der Waals surface area contributed by atoms with Crippen LogP contribution in [0, 0.1) is 0 Å². The van der Waals surface area contributed by atoms with E-state index < -0.39 is 10.1 Å². The van der Waals surface area contributed by atoms with Gasteiger partial charge < -0.3 is 0 Å². The van der Waals surface area contributed by atoms with Crippen LogP contribution < -0.4 is 4.48 Å². The summed E-state index contributed by atoms with van der Waals surface area (Å²) < 4.78 is 26.7. The predicted molar refractivity (Wildman–Crippen MR) is 87.7 cm³/mol. The lowest BCUT2D eigenvalue weighted by molar-refractivity contribution is 0.392. The maximum Gasteiger partial charge on any atom is 0.261 e. The minimum absolute atomic E-state index is 0.715. The van der Waals surface area contributed by atoms with Crippen molar-refractivity contribution < 1.29 is 13.0 Å². The maximum absolute atomic E-state index is 9.19. The molecule has 0 unspecified atom stereocenters. The van der Waals surface area contributed by atoms with Crippen molar-refractivity contribution in [1.82, 2.24) is 4.48 Å². The lowest BCUT2D eigenvalue weighted by Crippen LogP contribution is -2.39. The Labute approximate surface area is 127 Å². The molecule has 0 atom stereocenters. The van der Waals surface area contributed by atoms with Crippen LogP contribution >= 0.6 is 0 Å². The molecule has 114 valence electrons. The molecular weight excluding hydrogens is 286 g/mol. The van der Waals surface area contributed by atoms with Crippen molar-refractivity contribution >= 4 is 15.8 Å². The fraction of sp³-hybridized carbons (Fsp3) is 0.250. The second-order valence-electron chi connectivity index (χ2n) is 5.40. The van der Waals surface area contributed by atoms with Crippen molar-refractivity contribution in [2.24, 2.45) is 0 Å². The van der Waals surface area contributed by atoms with Gasteiger partial charge in [0, 0.05) is 5.56 Å². The van der Waals surface area contributed by atoms with Gasteiger partial charge in [-0.2, -0.15) is 8.42 Å². The van der Waals surface area contributed by atoms with Gasteiger partial charge in [-0.1, -0.05) is 48.5 Å². The average Bonchev–Trinajstić information content (AvgIpc) is 2.38. The summed E-state index contributed by atoms with van der Waals surface area (Å²) in [5.74, 6) is 0. The topological polar surface area (TPSA) is 54.4 Å². The van der Waals surface area contributed by atoms with E-state index in [9.17, 15) is 8.42 Å². The van der Waals surface area contributed by atoms with Crippen LogP contribution in [0.1, 0.15) is 5.56 Å². The quantitative estimate of drug-likeness (QED) is 0.700. The van der Waals surface area contributed by atoms with Gasteiger partial charge in [-0.05, 0) is 12.1 Å². The van der Waals surface area contributed by atoms with Crippen LogP contribution in [0.25, 0.3) is 0 Å². The monoisotopic (exact) mass is 308 g/mol. The first-order chi connectivity index (χ1) is 9.68. The van der Waals surface area contributed by atoms with Gasteiger partial charge in [-0.25, -0.2) is 0 Å². The van der Waals surface area contributed by atoms with Crippen LogP contribution in [0.4, 0.5) is 5.69 Å². The second-order valence-corrected chi connectivity index (χ2v) is 6.86. The molecule has 1 N–H and O–H groups in total. The van der Waals surface area contributed by atoms with Crippen LogP contribution in [0.2, 0.25) is 0 Å². The summed E-state index contributed by atoms with van der Waals surface area (Å²) in [6.07, 6.45) is 0.715. The fourth-order valence-corrected chi connectivity index (χ4v) is 1.96. The highest BCUT2D eigenvalue weighted by atomic mass is 32.2. The summed E-state index contributed by atoms with van der Waals surface area (Å²) >= 11 is 0. The van der Waals surface area contributed by atoms with E-state index in [0.717, 1.165) is 11.0 Å². The third kappa shape index (κ3) is 7.60. The van der Waals surface area contributed by atoms with Crippen molar-refractivity contribution in [2.45, 2.75) is 6.54 Å². The zero-order valence-electron chi connectivity index (χ0n) is 12.6. The first kappa shape index (κ1) is 17.4. The average molecular weight is 308 g/mol. The van der Waals surface area contributed by atoms with Gasteiger partial charge in [0.15, 0.2) is 0 Å². The van der Waals surface area contributed by atoms with Gasteiger partial charge >= 0.3 is 0 Å². The van der Waals surface area contributed by atoms with Gasteiger partial charge in [0.2, 0.25) is 0 Å². The van der Waals surface area contributed by atoms with E-state index in [1.165, 1.54) is 11.3 Å². The second kappa shape index (κ2) is 7.36. The number of hydrogen-bond donors (Lipinski definition) is 1. The zero-order valence-corrected chi connectivity index (χ0v) is 13.4.